The van der Waals surface area contributed by atoms with Crippen LogP contribution >= 0.6 is 0 Å². The van der Waals surface area contributed by atoms with Crippen molar-refractivity contribution in [3.63, 3.8) is 0 Å². The molecule has 1 amide bonds. The van der Waals surface area contributed by atoms with Crippen molar-refractivity contribution in [1.29, 1.82) is 0 Å². The van der Waals surface area contributed by atoms with Crippen molar-refractivity contribution >= 4 is 11.7 Å². The van der Waals surface area contributed by atoms with E-state index in [9.17, 15) is 9.59 Å². The van der Waals surface area contributed by atoms with Crippen molar-refractivity contribution in [2.24, 2.45) is 11.8 Å². The van der Waals surface area contributed by atoms with Gasteiger partial charge in [0.25, 0.3) is 5.91 Å². The summed E-state index contributed by atoms with van der Waals surface area (Å²) in [5.41, 5.74) is 2.52. The summed E-state index contributed by atoms with van der Waals surface area (Å²) < 4.78 is 17.6. The van der Waals surface area contributed by atoms with E-state index in [1.807, 2.05) is 53.4 Å². The van der Waals surface area contributed by atoms with Crippen LogP contribution in [0.3, 0.4) is 0 Å². The maximum atomic E-state index is 13.8. The maximum Gasteiger partial charge on any atom is 0.290 e. The minimum absolute atomic E-state index is 0.0855. The fraction of sp³-hybridized carbons (Fsp3) is 0.484. The Bertz CT molecular complexity index is 1170. The number of carbonyl (C=O) groups is 2. The normalized spacial score (nSPS) is 23.1. The largest absolute Gasteiger partial charge is 0.497 e. The molecule has 1 aliphatic carbocycles. The topological polar surface area (TPSA) is 65.1 Å². The molecule has 2 aromatic carbocycles. The van der Waals surface area contributed by atoms with Crippen LogP contribution in [-0.2, 0) is 20.7 Å². The van der Waals surface area contributed by atoms with Gasteiger partial charge >= 0.3 is 0 Å². The molecule has 1 fully saturated rings. The van der Waals surface area contributed by atoms with Crippen molar-refractivity contribution in [2.75, 3.05) is 20.3 Å². The van der Waals surface area contributed by atoms with Crippen molar-refractivity contribution in [3.05, 3.63) is 71.0 Å². The van der Waals surface area contributed by atoms with E-state index in [1.54, 1.807) is 7.11 Å². The standard InChI is InChI=1S/C31H37NO5/c1-20(2)16-18-36-24-8-6-7-22(19-24)28-27-29(33)25-9-4-5-10-26(25)37-30(27)31(34)32(28)17-15-21-11-13-23(35-3)14-12-21/h6-8,11-14,19-20,25-26,28H,4-5,9-10,15-18H2,1-3H3. The molecule has 3 atom stereocenters. The van der Waals surface area contributed by atoms with Crippen molar-refractivity contribution in [1.82, 2.24) is 4.90 Å². The molecule has 0 aromatic heterocycles. The van der Waals surface area contributed by atoms with Crippen LogP contribution in [0.5, 0.6) is 11.5 Å². The summed E-state index contributed by atoms with van der Waals surface area (Å²) in [6.45, 7) is 5.45. The monoisotopic (exact) mass is 503 g/mol. The van der Waals surface area contributed by atoms with E-state index in [1.165, 1.54) is 0 Å². The zero-order chi connectivity index (χ0) is 25.9. The Morgan fingerprint density at radius 3 is 2.57 bits per heavy atom. The van der Waals surface area contributed by atoms with Crippen LogP contribution in [0.1, 0.15) is 63.1 Å². The molecular weight excluding hydrogens is 466 g/mol. The third kappa shape index (κ3) is 5.25. The summed E-state index contributed by atoms with van der Waals surface area (Å²) >= 11 is 0. The number of fused-ring (bicyclic) bond motifs is 1. The van der Waals surface area contributed by atoms with Crippen LogP contribution in [-0.4, -0.2) is 43.0 Å². The molecule has 0 bridgehead atoms. The summed E-state index contributed by atoms with van der Waals surface area (Å²) in [5, 5.41) is 0. The highest BCUT2D eigenvalue weighted by Crippen LogP contribution is 2.47. The summed E-state index contributed by atoms with van der Waals surface area (Å²) in [6, 6.07) is 15.3. The van der Waals surface area contributed by atoms with Crippen molar-refractivity contribution in [2.45, 2.75) is 64.5 Å². The zero-order valence-electron chi connectivity index (χ0n) is 22.1. The van der Waals surface area contributed by atoms with Gasteiger partial charge in [-0.05, 0) is 73.4 Å². The lowest BCUT2D eigenvalue weighted by Crippen LogP contribution is -2.39. The third-order valence-corrected chi connectivity index (χ3v) is 7.80. The Kier molecular flexibility index (Phi) is 7.54. The van der Waals surface area contributed by atoms with Crippen LogP contribution in [0, 0.1) is 11.8 Å². The van der Waals surface area contributed by atoms with Crippen molar-refractivity contribution in [3.8, 4) is 11.5 Å². The number of Topliss-reactive ketones (excluding diaryl/α,β-unsaturated/α-hetero) is 1. The van der Waals surface area contributed by atoms with Crippen LogP contribution < -0.4 is 9.47 Å². The average molecular weight is 504 g/mol. The highest BCUT2D eigenvalue weighted by Gasteiger charge is 2.51. The number of hydrogen-bond acceptors (Lipinski definition) is 5. The molecule has 3 aliphatic rings. The lowest BCUT2D eigenvalue weighted by atomic mass is 9.77. The SMILES string of the molecule is COc1ccc(CCN2C(=O)C3=C(C(=O)C4CCCCC4O3)C2c2cccc(OCCC(C)C)c2)cc1. The highest BCUT2D eigenvalue weighted by atomic mass is 16.5. The average Bonchev–Trinajstić information content (AvgIpc) is 3.19. The second kappa shape index (κ2) is 11.0. The molecule has 37 heavy (non-hydrogen) atoms. The van der Waals surface area contributed by atoms with Gasteiger partial charge < -0.3 is 19.1 Å². The van der Waals surface area contributed by atoms with Gasteiger partial charge in [-0.25, -0.2) is 0 Å². The quantitative estimate of drug-likeness (QED) is 0.442. The predicted molar refractivity (Wildman–Crippen MR) is 141 cm³/mol. The predicted octanol–water partition coefficient (Wildman–Crippen LogP) is 5.66. The maximum absolute atomic E-state index is 13.8. The van der Waals surface area contributed by atoms with E-state index in [0.717, 1.165) is 54.7 Å². The molecule has 0 saturated heterocycles. The number of amides is 1. The van der Waals surface area contributed by atoms with Crippen LogP contribution in [0.15, 0.2) is 59.9 Å². The number of carbonyl (C=O) groups excluding carboxylic acids is 2. The molecule has 1 saturated carbocycles. The number of rotatable bonds is 9. The Balaban J connectivity index is 1.45. The second-order valence-electron chi connectivity index (χ2n) is 10.8. The Morgan fingerprint density at radius 1 is 1.03 bits per heavy atom. The van der Waals surface area contributed by atoms with Crippen LogP contribution in [0.2, 0.25) is 0 Å². The summed E-state index contributed by atoms with van der Waals surface area (Å²) in [7, 11) is 1.65. The van der Waals surface area contributed by atoms with E-state index in [4.69, 9.17) is 14.2 Å². The number of hydrogen-bond donors (Lipinski definition) is 0. The number of ketones is 1. The lowest BCUT2D eigenvalue weighted by Gasteiger charge is -2.35. The molecule has 2 heterocycles. The van der Waals surface area contributed by atoms with Gasteiger partial charge in [-0.3, -0.25) is 9.59 Å². The molecule has 0 radical (unpaired) electrons. The van der Waals surface area contributed by atoms with E-state index in [-0.39, 0.29) is 29.5 Å². The summed E-state index contributed by atoms with van der Waals surface area (Å²) in [4.78, 5) is 29.4. The molecule has 6 nitrogen and oxygen atoms in total. The third-order valence-electron chi connectivity index (χ3n) is 7.80. The fourth-order valence-corrected chi connectivity index (χ4v) is 5.70. The molecule has 2 aromatic rings. The molecule has 3 unspecified atom stereocenters. The number of benzene rings is 2. The first-order chi connectivity index (χ1) is 18.0. The second-order valence-corrected chi connectivity index (χ2v) is 10.8. The molecule has 2 aliphatic heterocycles. The van der Waals surface area contributed by atoms with Crippen molar-refractivity contribution < 1.29 is 23.8 Å². The highest BCUT2D eigenvalue weighted by molar-refractivity contribution is 6.11. The van der Waals surface area contributed by atoms with E-state index < -0.39 is 6.04 Å². The van der Waals surface area contributed by atoms with Gasteiger partial charge in [0.1, 0.15) is 17.6 Å². The summed E-state index contributed by atoms with van der Waals surface area (Å²) in [6.07, 6.45) is 5.16. The first kappa shape index (κ1) is 25.4. The van der Waals surface area contributed by atoms with Gasteiger partial charge in [-0.15, -0.1) is 0 Å². The van der Waals surface area contributed by atoms with Crippen LogP contribution in [0.4, 0.5) is 0 Å². The van der Waals surface area contributed by atoms with E-state index in [0.29, 0.717) is 31.1 Å². The smallest absolute Gasteiger partial charge is 0.290 e. The summed E-state index contributed by atoms with van der Waals surface area (Å²) in [5.74, 6) is 2.12. The molecule has 5 rings (SSSR count). The van der Waals surface area contributed by atoms with Gasteiger partial charge in [0.15, 0.2) is 11.5 Å². The zero-order valence-corrected chi connectivity index (χ0v) is 22.1. The van der Waals surface area contributed by atoms with E-state index in [2.05, 4.69) is 13.8 Å². The lowest BCUT2D eigenvalue weighted by molar-refractivity contribution is -0.135. The number of nitrogens with zero attached hydrogens (tertiary/aromatic N) is 1. The van der Waals surface area contributed by atoms with Gasteiger partial charge in [0.2, 0.25) is 0 Å². The molecule has 6 heteroatoms. The molecule has 0 spiro atoms. The van der Waals surface area contributed by atoms with Gasteiger partial charge in [-0.1, -0.05) is 44.5 Å². The van der Waals surface area contributed by atoms with E-state index >= 15 is 0 Å². The Labute approximate surface area is 219 Å². The number of methoxy groups -OCH3 is 1. The van der Waals surface area contributed by atoms with Gasteiger partial charge in [0.05, 0.1) is 31.2 Å². The molecule has 196 valence electrons. The minimum atomic E-state index is -0.468. The Morgan fingerprint density at radius 2 is 1.81 bits per heavy atom. The minimum Gasteiger partial charge on any atom is -0.497 e. The fourth-order valence-electron chi connectivity index (χ4n) is 5.70. The number of ether oxygens (including phenoxy) is 3. The molecular formula is C31H37NO5. The molecule has 0 N–H and O–H groups in total. The first-order valence-corrected chi connectivity index (χ1v) is 13.6. The Hall–Kier alpha value is -3.28. The first-order valence-electron chi connectivity index (χ1n) is 13.6. The van der Waals surface area contributed by atoms with Gasteiger partial charge in [-0.2, -0.15) is 0 Å². The van der Waals surface area contributed by atoms with Gasteiger partial charge in [0, 0.05) is 6.54 Å². The van der Waals surface area contributed by atoms with Crippen LogP contribution in [0.25, 0.3) is 0 Å².